The number of nitrogens with zero attached hydrogens (tertiary/aromatic N) is 2. The summed E-state index contributed by atoms with van der Waals surface area (Å²) in [7, 11) is 0. The van der Waals surface area contributed by atoms with Crippen molar-refractivity contribution in [2.45, 2.75) is 0 Å². The lowest BCUT2D eigenvalue weighted by molar-refractivity contribution is 1.25. The molecule has 0 unspecified atom stereocenters. The predicted molar refractivity (Wildman–Crippen MR) is 214 cm³/mol. The van der Waals surface area contributed by atoms with Crippen LogP contribution in [0.25, 0.3) is 43.1 Å². The van der Waals surface area contributed by atoms with Gasteiger partial charge in [-0.3, -0.25) is 0 Å². The summed E-state index contributed by atoms with van der Waals surface area (Å²) in [4.78, 5) is 4.79. The smallest absolute Gasteiger partial charge is 0.0656 e. The highest BCUT2D eigenvalue weighted by Crippen LogP contribution is 2.49. The second kappa shape index (κ2) is 12.3. The van der Waals surface area contributed by atoms with Gasteiger partial charge in [0.1, 0.15) is 0 Å². The Morgan fingerprint density at radius 2 is 0.633 bits per heavy atom. The molecule has 0 saturated heterocycles. The van der Waals surface area contributed by atoms with Crippen molar-refractivity contribution in [2.75, 3.05) is 9.80 Å². The Labute approximate surface area is 294 Å². The summed E-state index contributed by atoms with van der Waals surface area (Å²) < 4.78 is 0.997. The van der Waals surface area contributed by atoms with E-state index in [-0.39, 0.29) is 0 Å². The number of anilines is 6. The third-order valence-corrected chi connectivity index (χ3v) is 10.2. The number of benzene rings is 9. The van der Waals surface area contributed by atoms with Gasteiger partial charge in [-0.2, -0.15) is 0 Å². The minimum Gasteiger partial charge on any atom is -0.309 e. The zero-order valence-corrected chi connectivity index (χ0v) is 28.3. The summed E-state index contributed by atoms with van der Waals surface area (Å²) in [5.41, 5.74) is 6.53. The Bertz CT molecular complexity index is 2470. The Morgan fingerprint density at radius 1 is 0.286 bits per heavy atom. The molecule has 0 aliphatic heterocycles. The van der Waals surface area contributed by atoms with Crippen molar-refractivity contribution >= 4 is 93.1 Å². The number of halogens is 1. The normalized spacial score (nSPS) is 11.4. The average Bonchev–Trinajstić information content (AvgIpc) is 3.16. The number of fused-ring (bicyclic) bond motifs is 4. The van der Waals surface area contributed by atoms with Crippen LogP contribution in [-0.4, -0.2) is 0 Å². The highest BCUT2D eigenvalue weighted by molar-refractivity contribution is 9.10. The van der Waals surface area contributed by atoms with E-state index in [0.717, 1.165) is 38.6 Å². The number of rotatable bonds is 6. The summed E-state index contributed by atoms with van der Waals surface area (Å²) in [5.74, 6) is 0. The van der Waals surface area contributed by atoms with E-state index in [1.807, 2.05) is 0 Å². The molecule has 0 aliphatic carbocycles. The SMILES string of the molecule is Brc1c(N(c2ccc3ccccc3c2)c2cccc3ccccc23)cccc1N(c1ccc2ccccc2c1)c1cccc2ccccc12. The third kappa shape index (κ3) is 5.20. The molecule has 0 bridgehead atoms. The minimum absolute atomic E-state index is 0.997. The quantitative estimate of drug-likeness (QED) is 0.171. The van der Waals surface area contributed by atoms with Gasteiger partial charge in [-0.15, -0.1) is 0 Å². The van der Waals surface area contributed by atoms with Crippen LogP contribution in [0.5, 0.6) is 0 Å². The number of hydrogen-bond donors (Lipinski definition) is 0. The first-order valence-corrected chi connectivity index (χ1v) is 17.3. The lowest BCUT2D eigenvalue weighted by Gasteiger charge is -2.32. The monoisotopic (exact) mass is 690 g/mol. The lowest BCUT2D eigenvalue weighted by Crippen LogP contribution is -2.15. The van der Waals surface area contributed by atoms with E-state index in [1.54, 1.807) is 0 Å². The fourth-order valence-corrected chi connectivity index (χ4v) is 7.73. The summed E-state index contributed by atoms with van der Waals surface area (Å²) in [5, 5.41) is 9.62. The minimum atomic E-state index is 0.997. The summed E-state index contributed by atoms with van der Waals surface area (Å²) in [6.45, 7) is 0. The van der Waals surface area contributed by atoms with Crippen LogP contribution >= 0.6 is 15.9 Å². The van der Waals surface area contributed by atoms with Gasteiger partial charge in [0.25, 0.3) is 0 Å². The van der Waals surface area contributed by atoms with Crippen LogP contribution in [0.4, 0.5) is 34.1 Å². The largest absolute Gasteiger partial charge is 0.309 e. The molecule has 49 heavy (non-hydrogen) atoms. The molecule has 0 aliphatic rings. The molecule has 3 heteroatoms. The second-order valence-corrected chi connectivity index (χ2v) is 13.1. The lowest BCUT2D eigenvalue weighted by atomic mass is 10.0. The van der Waals surface area contributed by atoms with E-state index in [1.165, 1.54) is 43.1 Å². The molecule has 9 aromatic carbocycles. The number of hydrogen-bond acceptors (Lipinski definition) is 2. The van der Waals surface area contributed by atoms with Gasteiger partial charge in [0.2, 0.25) is 0 Å². The van der Waals surface area contributed by atoms with Crippen molar-refractivity contribution in [1.29, 1.82) is 0 Å². The molecule has 0 fully saturated rings. The van der Waals surface area contributed by atoms with E-state index in [9.17, 15) is 0 Å². The highest BCUT2D eigenvalue weighted by atomic mass is 79.9. The van der Waals surface area contributed by atoms with Gasteiger partial charge in [-0.25, -0.2) is 0 Å². The van der Waals surface area contributed by atoms with Crippen LogP contribution in [0.15, 0.2) is 193 Å². The van der Waals surface area contributed by atoms with Crippen molar-refractivity contribution in [2.24, 2.45) is 0 Å². The molecule has 0 aromatic heterocycles. The third-order valence-electron chi connectivity index (χ3n) is 9.44. The second-order valence-electron chi connectivity index (χ2n) is 12.3. The maximum absolute atomic E-state index is 4.22. The molecule has 0 heterocycles. The molecule has 0 radical (unpaired) electrons. The van der Waals surface area contributed by atoms with Crippen LogP contribution < -0.4 is 9.80 Å². The van der Waals surface area contributed by atoms with E-state index in [2.05, 4.69) is 214 Å². The van der Waals surface area contributed by atoms with E-state index >= 15 is 0 Å². The van der Waals surface area contributed by atoms with E-state index < -0.39 is 0 Å². The highest BCUT2D eigenvalue weighted by Gasteiger charge is 2.24. The Morgan fingerprint density at radius 3 is 1.10 bits per heavy atom. The molecule has 232 valence electrons. The van der Waals surface area contributed by atoms with Crippen molar-refractivity contribution in [1.82, 2.24) is 0 Å². The molecule has 0 N–H and O–H groups in total. The van der Waals surface area contributed by atoms with E-state index in [0.29, 0.717) is 0 Å². The Kier molecular flexibility index (Phi) is 7.33. The van der Waals surface area contributed by atoms with Gasteiger partial charge in [0.15, 0.2) is 0 Å². The zero-order valence-electron chi connectivity index (χ0n) is 26.7. The predicted octanol–water partition coefficient (Wildman–Crippen LogP) is 14.0. The summed E-state index contributed by atoms with van der Waals surface area (Å²) in [6, 6.07) is 67.6. The molecular weight excluding hydrogens is 660 g/mol. The Balaban J connectivity index is 1.31. The molecule has 0 spiro atoms. The molecular formula is C46H31BrN2. The molecule has 0 atom stereocenters. The molecule has 9 rings (SSSR count). The first-order valence-electron chi connectivity index (χ1n) is 16.5. The van der Waals surface area contributed by atoms with Gasteiger partial charge in [0, 0.05) is 22.1 Å². The fraction of sp³-hybridized carbons (Fsp3) is 0. The van der Waals surface area contributed by atoms with Crippen LogP contribution in [0.3, 0.4) is 0 Å². The maximum atomic E-state index is 4.22. The van der Waals surface area contributed by atoms with Gasteiger partial charge < -0.3 is 9.80 Å². The average molecular weight is 692 g/mol. The van der Waals surface area contributed by atoms with Crippen molar-refractivity contribution in [3.05, 3.63) is 193 Å². The van der Waals surface area contributed by atoms with Crippen LogP contribution in [0, 0.1) is 0 Å². The van der Waals surface area contributed by atoms with E-state index in [4.69, 9.17) is 0 Å². The van der Waals surface area contributed by atoms with Gasteiger partial charge in [-0.05, 0) is 96.8 Å². The summed E-state index contributed by atoms with van der Waals surface area (Å²) in [6.07, 6.45) is 0. The van der Waals surface area contributed by atoms with Crippen LogP contribution in [0.1, 0.15) is 0 Å². The maximum Gasteiger partial charge on any atom is 0.0656 e. The molecule has 2 nitrogen and oxygen atoms in total. The molecule has 0 amide bonds. The first-order chi connectivity index (χ1) is 24.2. The zero-order chi connectivity index (χ0) is 32.7. The molecule has 9 aromatic rings. The van der Waals surface area contributed by atoms with Crippen LogP contribution in [-0.2, 0) is 0 Å². The molecule has 0 saturated carbocycles. The van der Waals surface area contributed by atoms with Crippen molar-refractivity contribution in [3.63, 3.8) is 0 Å². The Hall–Kier alpha value is -5.90. The summed E-state index contributed by atoms with van der Waals surface area (Å²) >= 11 is 4.22. The van der Waals surface area contributed by atoms with Gasteiger partial charge >= 0.3 is 0 Å². The van der Waals surface area contributed by atoms with Crippen molar-refractivity contribution in [3.8, 4) is 0 Å². The van der Waals surface area contributed by atoms with Gasteiger partial charge in [0.05, 0.1) is 27.2 Å². The van der Waals surface area contributed by atoms with Crippen LogP contribution in [0.2, 0.25) is 0 Å². The fourth-order valence-electron chi connectivity index (χ4n) is 7.11. The van der Waals surface area contributed by atoms with Crippen molar-refractivity contribution < 1.29 is 0 Å². The standard InChI is InChI=1S/C46H31BrN2/c47-46-44(48(38-28-26-32-12-1-3-16-36(32)30-38)42-22-9-18-34-14-5-7-20-40(34)42)24-11-25-45(46)49(39-29-27-33-13-2-4-17-37(33)31-39)43-23-10-19-35-15-6-8-21-41(35)43/h1-31H. The first kappa shape index (κ1) is 29.3. The van der Waals surface area contributed by atoms with Gasteiger partial charge in [-0.1, -0.05) is 140 Å². The topological polar surface area (TPSA) is 6.48 Å².